The third kappa shape index (κ3) is 6.05. The average Bonchev–Trinajstić information content (AvgIpc) is 3.24. The molecule has 3 aromatic carbocycles. The van der Waals surface area contributed by atoms with Crippen LogP contribution in [0.3, 0.4) is 0 Å². The molecule has 1 aliphatic rings. The van der Waals surface area contributed by atoms with Crippen LogP contribution in [0.5, 0.6) is 5.75 Å². The van der Waals surface area contributed by atoms with Crippen LogP contribution in [0, 0.1) is 20.8 Å². The van der Waals surface area contributed by atoms with Gasteiger partial charge in [0.05, 0.1) is 18.3 Å². The van der Waals surface area contributed by atoms with Gasteiger partial charge < -0.3 is 14.2 Å². The van der Waals surface area contributed by atoms with Crippen LogP contribution in [0.4, 0.5) is 9.59 Å². The molecule has 0 saturated carbocycles. The Morgan fingerprint density at radius 3 is 1.95 bits per heavy atom. The van der Waals surface area contributed by atoms with Crippen LogP contribution >= 0.6 is 0 Å². The second-order valence-corrected chi connectivity index (χ2v) is 13.8. The molecule has 0 bridgehead atoms. The van der Waals surface area contributed by atoms with Crippen LogP contribution in [0.1, 0.15) is 81.1 Å². The Morgan fingerprint density at radius 2 is 1.39 bits per heavy atom. The van der Waals surface area contributed by atoms with Gasteiger partial charge in [0.2, 0.25) is 0 Å². The summed E-state index contributed by atoms with van der Waals surface area (Å²) in [5.74, 6) is 0.703. The minimum Gasteiger partial charge on any atom is -0.497 e. The van der Waals surface area contributed by atoms with Crippen LogP contribution < -0.4 is 4.74 Å². The Morgan fingerprint density at radius 1 is 0.795 bits per heavy atom. The molecule has 1 amide bonds. The molecular weight excluding hydrogens is 552 g/mol. The molecule has 0 spiro atoms. The molecule has 0 fully saturated rings. The lowest BCUT2D eigenvalue weighted by Gasteiger charge is -2.38. The second kappa shape index (κ2) is 11.3. The molecule has 0 saturated heterocycles. The topological polar surface area (TPSA) is 70.0 Å². The summed E-state index contributed by atoms with van der Waals surface area (Å²) in [5, 5.41) is 0.977. The molecule has 1 atom stereocenters. The Hall–Kier alpha value is -4.26. The number of methoxy groups -OCH3 is 1. The number of carbonyl (C=O) groups excluding carboxylic acids is 2. The number of fused-ring (bicyclic) bond motifs is 3. The third-order valence-electron chi connectivity index (χ3n) is 7.89. The van der Waals surface area contributed by atoms with Crippen LogP contribution in [-0.2, 0) is 15.9 Å². The van der Waals surface area contributed by atoms with Crippen molar-refractivity contribution >= 4 is 23.1 Å². The maximum Gasteiger partial charge on any atom is 0.419 e. The fourth-order valence-electron chi connectivity index (χ4n) is 6.37. The number of rotatable bonds is 3. The number of benzene rings is 3. The first-order chi connectivity index (χ1) is 20.6. The Bertz CT molecular complexity index is 1710. The molecule has 7 nitrogen and oxygen atoms in total. The van der Waals surface area contributed by atoms with E-state index < -0.39 is 29.4 Å². The summed E-state index contributed by atoms with van der Waals surface area (Å²) in [5.41, 5.74) is 7.84. The molecule has 4 aromatic rings. The lowest BCUT2D eigenvalue weighted by molar-refractivity contribution is 0.0164. The van der Waals surface area contributed by atoms with Crippen LogP contribution in [-0.4, -0.2) is 46.5 Å². The number of nitrogens with zero attached hydrogens (tertiary/aromatic N) is 2. The highest BCUT2D eigenvalue weighted by molar-refractivity contribution is 5.97. The van der Waals surface area contributed by atoms with Crippen molar-refractivity contribution in [2.45, 2.75) is 86.0 Å². The summed E-state index contributed by atoms with van der Waals surface area (Å²) in [6, 6.07) is 17.7. The van der Waals surface area contributed by atoms with Crippen molar-refractivity contribution in [3.05, 3.63) is 88.1 Å². The number of amides is 1. The monoisotopic (exact) mass is 596 g/mol. The number of aromatic nitrogens is 1. The van der Waals surface area contributed by atoms with E-state index in [2.05, 4.69) is 45.0 Å². The van der Waals surface area contributed by atoms with E-state index in [0.717, 1.165) is 27.6 Å². The van der Waals surface area contributed by atoms with Crippen molar-refractivity contribution in [1.29, 1.82) is 0 Å². The van der Waals surface area contributed by atoms with Gasteiger partial charge >= 0.3 is 12.2 Å². The molecule has 1 aromatic heterocycles. The number of hydrogen-bond acceptors (Lipinski definition) is 5. The van der Waals surface area contributed by atoms with E-state index in [0.29, 0.717) is 24.4 Å². The fourth-order valence-corrected chi connectivity index (χ4v) is 6.37. The first-order valence-electron chi connectivity index (χ1n) is 15.2. The highest BCUT2D eigenvalue weighted by atomic mass is 16.6. The van der Waals surface area contributed by atoms with Crippen molar-refractivity contribution in [2.75, 3.05) is 13.7 Å². The first kappa shape index (κ1) is 31.2. The molecule has 232 valence electrons. The van der Waals surface area contributed by atoms with Crippen molar-refractivity contribution in [2.24, 2.45) is 0 Å². The Labute approximate surface area is 260 Å². The van der Waals surface area contributed by atoms with Gasteiger partial charge in [0.25, 0.3) is 0 Å². The molecule has 2 heterocycles. The third-order valence-corrected chi connectivity index (χ3v) is 7.89. The highest BCUT2D eigenvalue weighted by Crippen LogP contribution is 2.43. The lowest BCUT2D eigenvalue weighted by atomic mass is 9.90. The normalized spacial score (nSPS) is 15.2. The second-order valence-electron chi connectivity index (χ2n) is 13.8. The summed E-state index contributed by atoms with van der Waals surface area (Å²) in [6.45, 7) is 18.0. The quantitative estimate of drug-likeness (QED) is 0.236. The molecule has 1 aliphatic heterocycles. The molecule has 44 heavy (non-hydrogen) atoms. The van der Waals surface area contributed by atoms with Gasteiger partial charge in [-0.15, -0.1) is 0 Å². The van der Waals surface area contributed by atoms with Gasteiger partial charge in [0.15, 0.2) is 0 Å². The maximum atomic E-state index is 14.1. The van der Waals surface area contributed by atoms with E-state index in [4.69, 9.17) is 14.2 Å². The average molecular weight is 597 g/mol. The number of hydrogen-bond donors (Lipinski definition) is 0. The van der Waals surface area contributed by atoms with Crippen molar-refractivity contribution in [3.8, 4) is 16.9 Å². The molecule has 1 unspecified atom stereocenters. The van der Waals surface area contributed by atoms with Crippen LogP contribution in [0.15, 0.2) is 54.6 Å². The molecule has 0 N–H and O–H groups in total. The molecule has 7 heteroatoms. The predicted molar refractivity (Wildman–Crippen MR) is 175 cm³/mol. The lowest BCUT2D eigenvalue weighted by Crippen LogP contribution is -2.44. The van der Waals surface area contributed by atoms with Gasteiger partial charge in [-0.25, -0.2) is 14.2 Å². The minimum atomic E-state index is -0.717. The van der Waals surface area contributed by atoms with Gasteiger partial charge in [-0.3, -0.25) is 4.90 Å². The largest absolute Gasteiger partial charge is 0.497 e. The maximum absolute atomic E-state index is 14.1. The van der Waals surface area contributed by atoms with Crippen molar-refractivity contribution in [1.82, 2.24) is 9.47 Å². The summed E-state index contributed by atoms with van der Waals surface area (Å²) in [7, 11) is 1.62. The van der Waals surface area contributed by atoms with Gasteiger partial charge in [-0.2, -0.15) is 0 Å². The summed E-state index contributed by atoms with van der Waals surface area (Å²) in [6.07, 6.45) is -0.358. The van der Waals surface area contributed by atoms with Gasteiger partial charge in [0.1, 0.15) is 23.0 Å². The Balaban J connectivity index is 1.80. The standard InChI is InChI=1S/C37H44N2O5/c1-22-19-23(2)31(24(3)20-22)26-13-16-30-29(21-26)28-17-18-38(34(40)43-36(4,5)6)32(25-11-14-27(42-10)15-12-25)33(28)39(30)35(41)44-37(7,8)9/h11-16,19-21,32H,17-18H2,1-10H3. The zero-order chi connectivity index (χ0) is 32.1. The summed E-state index contributed by atoms with van der Waals surface area (Å²) < 4.78 is 19.0. The zero-order valence-electron chi connectivity index (χ0n) is 27.6. The van der Waals surface area contributed by atoms with Crippen molar-refractivity contribution < 1.29 is 23.8 Å². The number of carbonyl (C=O) groups is 2. The fraction of sp³-hybridized carbons (Fsp3) is 0.405. The smallest absolute Gasteiger partial charge is 0.419 e. The zero-order valence-corrected chi connectivity index (χ0v) is 27.6. The van der Waals surface area contributed by atoms with E-state index in [1.54, 1.807) is 16.6 Å². The van der Waals surface area contributed by atoms with Gasteiger partial charge in [0, 0.05) is 11.9 Å². The first-order valence-corrected chi connectivity index (χ1v) is 15.2. The summed E-state index contributed by atoms with van der Waals surface area (Å²) in [4.78, 5) is 29.6. The van der Waals surface area contributed by atoms with E-state index in [1.165, 1.54) is 22.3 Å². The van der Waals surface area contributed by atoms with Crippen molar-refractivity contribution in [3.63, 3.8) is 0 Å². The Kier molecular flexibility index (Phi) is 8.04. The molecule has 0 aliphatic carbocycles. The van der Waals surface area contributed by atoms with E-state index >= 15 is 0 Å². The molecule has 5 rings (SSSR count). The van der Waals surface area contributed by atoms with E-state index in [9.17, 15) is 9.59 Å². The highest BCUT2D eigenvalue weighted by Gasteiger charge is 2.40. The minimum absolute atomic E-state index is 0.429. The van der Waals surface area contributed by atoms with Crippen LogP contribution in [0.25, 0.3) is 22.0 Å². The number of aryl methyl sites for hydroxylation is 3. The van der Waals surface area contributed by atoms with E-state index in [-0.39, 0.29) is 0 Å². The summed E-state index contributed by atoms with van der Waals surface area (Å²) >= 11 is 0. The van der Waals surface area contributed by atoms with E-state index in [1.807, 2.05) is 71.9 Å². The van der Waals surface area contributed by atoms with Crippen LogP contribution in [0.2, 0.25) is 0 Å². The van der Waals surface area contributed by atoms with Gasteiger partial charge in [-0.05, 0) is 126 Å². The van der Waals surface area contributed by atoms with Gasteiger partial charge in [-0.1, -0.05) is 35.9 Å². The number of ether oxygens (including phenoxy) is 3. The molecule has 0 radical (unpaired) electrons. The molecular formula is C37H44N2O5. The predicted octanol–water partition coefficient (Wildman–Crippen LogP) is 8.91. The SMILES string of the molecule is COc1ccc(C2c3c(c4cc(-c5c(C)cc(C)cc5C)ccc4n3C(=O)OC(C)(C)C)CCN2C(=O)OC(C)(C)C)cc1.